The highest BCUT2D eigenvalue weighted by Gasteiger charge is 2.25. The SMILES string of the molecule is CC1(C)CCNC(=O)C1. The fourth-order valence-electron chi connectivity index (χ4n) is 1.13. The molecule has 9 heavy (non-hydrogen) atoms. The molecule has 0 aliphatic carbocycles. The number of rotatable bonds is 0. The Hall–Kier alpha value is -0.530. The molecule has 1 N–H and O–H groups in total. The van der Waals surface area contributed by atoms with Crippen molar-refractivity contribution in [2.75, 3.05) is 6.54 Å². The van der Waals surface area contributed by atoms with E-state index in [2.05, 4.69) is 19.2 Å². The summed E-state index contributed by atoms with van der Waals surface area (Å²) in [5.41, 5.74) is 0.238. The highest BCUT2D eigenvalue weighted by atomic mass is 16.1. The minimum absolute atomic E-state index is 0.200. The monoisotopic (exact) mass is 127 g/mol. The lowest BCUT2D eigenvalue weighted by molar-refractivity contribution is -0.124. The maximum Gasteiger partial charge on any atom is 0.220 e. The Morgan fingerprint density at radius 3 is 2.56 bits per heavy atom. The second-order valence-electron chi connectivity index (χ2n) is 3.44. The summed E-state index contributed by atoms with van der Waals surface area (Å²) in [7, 11) is 0. The van der Waals surface area contributed by atoms with Crippen LogP contribution in [0.2, 0.25) is 0 Å². The van der Waals surface area contributed by atoms with Gasteiger partial charge in [-0.15, -0.1) is 0 Å². The van der Waals surface area contributed by atoms with Gasteiger partial charge in [-0.2, -0.15) is 0 Å². The second-order valence-corrected chi connectivity index (χ2v) is 3.44. The Bertz CT molecular complexity index is 129. The van der Waals surface area contributed by atoms with Gasteiger partial charge in [-0.25, -0.2) is 0 Å². The first kappa shape index (κ1) is 6.59. The van der Waals surface area contributed by atoms with Gasteiger partial charge in [0.1, 0.15) is 0 Å². The van der Waals surface area contributed by atoms with E-state index in [9.17, 15) is 4.79 Å². The number of hydrogen-bond donors (Lipinski definition) is 1. The third-order valence-corrected chi connectivity index (χ3v) is 1.76. The summed E-state index contributed by atoms with van der Waals surface area (Å²) in [4.78, 5) is 10.8. The van der Waals surface area contributed by atoms with Gasteiger partial charge in [-0.3, -0.25) is 4.79 Å². The highest BCUT2D eigenvalue weighted by molar-refractivity contribution is 5.77. The van der Waals surface area contributed by atoms with Crippen LogP contribution in [-0.2, 0) is 4.79 Å². The largest absolute Gasteiger partial charge is 0.356 e. The Morgan fingerprint density at radius 2 is 2.22 bits per heavy atom. The van der Waals surface area contributed by atoms with E-state index in [4.69, 9.17) is 0 Å². The van der Waals surface area contributed by atoms with Crippen molar-refractivity contribution in [2.24, 2.45) is 5.41 Å². The van der Waals surface area contributed by atoms with Crippen LogP contribution in [-0.4, -0.2) is 12.5 Å². The quantitative estimate of drug-likeness (QED) is 0.515. The van der Waals surface area contributed by atoms with E-state index in [1.54, 1.807) is 0 Å². The van der Waals surface area contributed by atoms with E-state index >= 15 is 0 Å². The molecule has 1 heterocycles. The number of carbonyl (C=O) groups excluding carboxylic acids is 1. The van der Waals surface area contributed by atoms with E-state index in [1.165, 1.54) is 0 Å². The van der Waals surface area contributed by atoms with Crippen LogP contribution in [0.1, 0.15) is 26.7 Å². The van der Waals surface area contributed by atoms with Gasteiger partial charge in [0.2, 0.25) is 5.91 Å². The molecule has 0 atom stereocenters. The Labute approximate surface area is 55.6 Å². The van der Waals surface area contributed by atoms with Crippen LogP contribution in [0.5, 0.6) is 0 Å². The molecular formula is C7H13NO. The summed E-state index contributed by atoms with van der Waals surface area (Å²) in [5, 5.41) is 2.80. The molecule has 1 fully saturated rings. The smallest absolute Gasteiger partial charge is 0.220 e. The summed E-state index contributed by atoms with van der Waals surface area (Å²) < 4.78 is 0. The van der Waals surface area contributed by atoms with Crippen molar-refractivity contribution in [3.63, 3.8) is 0 Å². The van der Waals surface area contributed by atoms with E-state index in [1.807, 2.05) is 0 Å². The topological polar surface area (TPSA) is 29.1 Å². The molecule has 1 aliphatic heterocycles. The normalized spacial score (nSPS) is 25.3. The summed E-state index contributed by atoms with van der Waals surface area (Å²) in [6.07, 6.45) is 1.80. The van der Waals surface area contributed by atoms with Gasteiger partial charge in [-0.1, -0.05) is 13.8 Å². The van der Waals surface area contributed by atoms with Gasteiger partial charge in [0.15, 0.2) is 0 Å². The minimum Gasteiger partial charge on any atom is -0.356 e. The molecular weight excluding hydrogens is 114 g/mol. The molecule has 1 amide bonds. The lowest BCUT2D eigenvalue weighted by atomic mass is 9.83. The van der Waals surface area contributed by atoms with Crippen LogP contribution in [0.15, 0.2) is 0 Å². The zero-order chi connectivity index (χ0) is 6.91. The van der Waals surface area contributed by atoms with E-state index in [-0.39, 0.29) is 11.3 Å². The molecule has 0 saturated carbocycles. The summed E-state index contributed by atoms with van der Waals surface area (Å²) in [5.74, 6) is 0.200. The predicted molar refractivity (Wildman–Crippen MR) is 36.0 cm³/mol. The van der Waals surface area contributed by atoms with Crippen molar-refractivity contribution in [1.82, 2.24) is 5.32 Å². The van der Waals surface area contributed by atoms with Crippen LogP contribution < -0.4 is 5.32 Å². The van der Waals surface area contributed by atoms with Gasteiger partial charge < -0.3 is 5.32 Å². The predicted octanol–water partition coefficient (Wildman–Crippen LogP) is 0.923. The van der Waals surface area contributed by atoms with Crippen molar-refractivity contribution in [3.05, 3.63) is 0 Å². The van der Waals surface area contributed by atoms with Crippen LogP contribution in [0.25, 0.3) is 0 Å². The molecule has 0 bridgehead atoms. The van der Waals surface area contributed by atoms with Gasteiger partial charge in [-0.05, 0) is 11.8 Å². The zero-order valence-electron chi connectivity index (χ0n) is 6.03. The second kappa shape index (κ2) is 2.01. The lowest BCUT2D eigenvalue weighted by Gasteiger charge is -2.28. The average molecular weight is 127 g/mol. The van der Waals surface area contributed by atoms with Crippen molar-refractivity contribution in [2.45, 2.75) is 26.7 Å². The van der Waals surface area contributed by atoms with E-state index in [0.29, 0.717) is 6.42 Å². The summed E-state index contributed by atoms with van der Waals surface area (Å²) in [6.45, 7) is 5.11. The standard InChI is InChI=1S/C7H13NO/c1-7(2)3-4-8-6(9)5-7/h3-5H2,1-2H3,(H,8,9). The fraction of sp³-hybridized carbons (Fsp3) is 0.857. The number of amides is 1. The summed E-state index contributed by atoms with van der Waals surface area (Å²) in [6, 6.07) is 0. The van der Waals surface area contributed by atoms with Gasteiger partial charge >= 0.3 is 0 Å². The van der Waals surface area contributed by atoms with Crippen LogP contribution >= 0.6 is 0 Å². The number of piperidine rings is 1. The molecule has 0 aromatic heterocycles. The van der Waals surface area contributed by atoms with Crippen LogP contribution in [0, 0.1) is 5.41 Å². The lowest BCUT2D eigenvalue weighted by Crippen LogP contribution is -2.37. The number of hydrogen-bond acceptors (Lipinski definition) is 1. The molecule has 1 aliphatic rings. The molecule has 2 nitrogen and oxygen atoms in total. The van der Waals surface area contributed by atoms with Crippen LogP contribution in [0.4, 0.5) is 0 Å². The van der Waals surface area contributed by atoms with E-state index < -0.39 is 0 Å². The first-order valence-corrected chi connectivity index (χ1v) is 3.37. The zero-order valence-corrected chi connectivity index (χ0v) is 6.03. The maximum absolute atomic E-state index is 10.8. The first-order chi connectivity index (χ1) is 4.10. The Balaban J connectivity index is 2.51. The molecule has 0 aromatic rings. The molecule has 1 rings (SSSR count). The molecule has 0 aromatic carbocycles. The molecule has 2 heteroatoms. The molecule has 0 unspecified atom stereocenters. The van der Waals surface area contributed by atoms with Crippen molar-refractivity contribution < 1.29 is 4.79 Å². The first-order valence-electron chi connectivity index (χ1n) is 3.37. The minimum atomic E-state index is 0.200. The molecule has 1 saturated heterocycles. The maximum atomic E-state index is 10.8. The van der Waals surface area contributed by atoms with Crippen LogP contribution in [0.3, 0.4) is 0 Å². The van der Waals surface area contributed by atoms with Gasteiger partial charge in [0.25, 0.3) is 0 Å². The highest BCUT2D eigenvalue weighted by Crippen LogP contribution is 2.26. The number of carbonyl (C=O) groups is 1. The van der Waals surface area contributed by atoms with Gasteiger partial charge in [0.05, 0.1) is 0 Å². The molecule has 0 spiro atoms. The van der Waals surface area contributed by atoms with Gasteiger partial charge in [0, 0.05) is 13.0 Å². The van der Waals surface area contributed by atoms with Crippen molar-refractivity contribution >= 4 is 5.91 Å². The van der Waals surface area contributed by atoms with Crippen molar-refractivity contribution in [1.29, 1.82) is 0 Å². The Morgan fingerprint density at radius 1 is 1.56 bits per heavy atom. The van der Waals surface area contributed by atoms with Crippen molar-refractivity contribution in [3.8, 4) is 0 Å². The molecule has 0 radical (unpaired) electrons. The average Bonchev–Trinajstić information content (AvgIpc) is 1.60. The third kappa shape index (κ3) is 1.70. The summed E-state index contributed by atoms with van der Waals surface area (Å²) >= 11 is 0. The van der Waals surface area contributed by atoms with E-state index in [0.717, 1.165) is 13.0 Å². The molecule has 52 valence electrons. The Kier molecular flexibility index (Phi) is 1.47. The number of nitrogens with one attached hydrogen (secondary N) is 1. The fourth-order valence-corrected chi connectivity index (χ4v) is 1.13. The third-order valence-electron chi connectivity index (χ3n) is 1.76.